The van der Waals surface area contributed by atoms with Crippen LogP contribution in [0.2, 0.25) is 0 Å². The van der Waals surface area contributed by atoms with Crippen LogP contribution < -0.4 is 0 Å². The van der Waals surface area contributed by atoms with Crippen LogP contribution in [0, 0.1) is 28.9 Å². The SMILES string of the molecule is CCCC1CCC(C2(C(=O)O)CCCCC2c2ccc(F)c(F)c2)CC1. The van der Waals surface area contributed by atoms with Gasteiger partial charge in [-0.15, -0.1) is 0 Å². The number of benzene rings is 1. The van der Waals surface area contributed by atoms with E-state index in [9.17, 15) is 18.7 Å². The lowest BCUT2D eigenvalue weighted by molar-refractivity contribution is -0.159. The van der Waals surface area contributed by atoms with E-state index in [4.69, 9.17) is 0 Å². The van der Waals surface area contributed by atoms with Crippen molar-refractivity contribution in [3.63, 3.8) is 0 Å². The van der Waals surface area contributed by atoms with Gasteiger partial charge in [-0.05, 0) is 55.2 Å². The lowest BCUT2D eigenvalue weighted by atomic mass is 9.54. The van der Waals surface area contributed by atoms with Crippen LogP contribution in [0.4, 0.5) is 8.78 Å². The Hall–Kier alpha value is -1.45. The quantitative estimate of drug-likeness (QED) is 0.665. The first-order chi connectivity index (χ1) is 12.5. The molecule has 2 unspecified atom stereocenters. The fourth-order valence-electron chi connectivity index (χ4n) is 5.68. The summed E-state index contributed by atoms with van der Waals surface area (Å²) in [6.45, 7) is 2.20. The van der Waals surface area contributed by atoms with Gasteiger partial charge in [-0.3, -0.25) is 4.79 Å². The van der Waals surface area contributed by atoms with Crippen LogP contribution in [0.25, 0.3) is 0 Å². The predicted molar refractivity (Wildman–Crippen MR) is 98.0 cm³/mol. The molecule has 1 N–H and O–H groups in total. The molecule has 2 saturated carbocycles. The summed E-state index contributed by atoms with van der Waals surface area (Å²) >= 11 is 0. The number of carboxylic acid groups (broad SMARTS) is 1. The Kier molecular flexibility index (Phi) is 5.99. The van der Waals surface area contributed by atoms with Crippen molar-refractivity contribution in [2.24, 2.45) is 17.3 Å². The molecule has 0 amide bonds. The van der Waals surface area contributed by atoms with Gasteiger partial charge in [-0.25, -0.2) is 8.78 Å². The van der Waals surface area contributed by atoms with Crippen LogP contribution in [-0.2, 0) is 4.79 Å². The number of hydrogen-bond donors (Lipinski definition) is 1. The molecule has 26 heavy (non-hydrogen) atoms. The van der Waals surface area contributed by atoms with E-state index in [-0.39, 0.29) is 11.8 Å². The first kappa shape index (κ1) is 19.3. The highest BCUT2D eigenvalue weighted by Gasteiger charge is 2.53. The van der Waals surface area contributed by atoms with E-state index in [0.29, 0.717) is 17.9 Å². The Morgan fingerprint density at radius 3 is 2.46 bits per heavy atom. The van der Waals surface area contributed by atoms with Crippen molar-refractivity contribution < 1.29 is 18.7 Å². The van der Waals surface area contributed by atoms with Crippen molar-refractivity contribution in [2.75, 3.05) is 0 Å². The van der Waals surface area contributed by atoms with Crippen molar-refractivity contribution in [3.05, 3.63) is 35.4 Å². The van der Waals surface area contributed by atoms with Gasteiger partial charge < -0.3 is 5.11 Å². The van der Waals surface area contributed by atoms with Crippen LogP contribution in [-0.4, -0.2) is 11.1 Å². The molecule has 0 radical (unpaired) electrons. The van der Waals surface area contributed by atoms with Crippen LogP contribution in [0.3, 0.4) is 0 Å². The van der Waals surface area contributed by atoms with E-state index in [0.717, 1.165) is 51.0 Å². The van der Waals surface area contributed by atoms with Crippen molar-refractivity contribution in [1.29, 1.82) is 0 Å². The standard InChI is InChI=1S/C22H30F2O2/c1-2-5-15-7-10-17(11-8-15)22(21(25)26)13-4-3-6-18(22)16-9-12-19(23)20(24)14-16/h9,12,14-15,17-18H,2-8,10-11,13H2,1H3,(H,25,26). The lowest BCUT2D eigenvalue weighted by Gasteiger charge is -2.48. The Balaban J connectivity index is 1.91. The van der Waals surface area contributed by atoms with Gasteiger partial charge in [0.05, 0.1) is 5.41 Å². The van der Waals surface area contributed by atoms with Crippen molar-refractivity contribution in [3.8, 4) is 0 Å². The number of rotatable bonds is 5. The van der Waals surface area contributed by atoms with Gasteiger partial charge in [0.15, 0.2) is 11.6 Å². The van der Waals surface area contributed by atoms with Crippen molar-refractivity contribution in [1.82, 2.24) is 0 Å². The summed E-state index contributed by atoms with van der Waals surface area (Å²) in [5.74, 6) is -1.87. The summed E-state index contributed by atoms with van der Waals surface area (Å²) in [5.41, 5.74) is -0.179. The minimum atomic E-state index is -0.876. The average Bonchev–Trinajstić information content (AvgIpc) is 2.64. The molecule has 1 aromatic carbocycles. The Morgan fingerprint density at radius 2 is 1.85 bits per heavy atom. The molecule has 0 spiro atoms. The van der Waals surface area contributed by atoms with Crippen molar-refractivity contribution >= 4 is 5.97 Å². The zero-order valence-electron chi connectivity index (χ0n) is 15.6. The molecule has 4 heteroatoms. The fraction of sp³-hybridized carbons (Fsp3) is 0.682. The molecule has 1 aromatic rings. The third-order valence-electron chi connectivity index (χ3n) is 6.97. The van der Waals surface area contributed by atoms with Gasteiger partial charge in [0.1, 0.15) is 0 Å². The molecular formula is C22H30F2O2. The van der Waals surface area contributed by atoms with E-state index in [1.54, 1.807) is 6.07 Å². The molecular weight excluding hydrogens is 334 g/mol. The highest BCUT2D eigenvalue weighted by Crippen LogP contribution is 2.56. The second kappa shape index (κ2) is 8.06. The summed E-state index contributed by atoms with van der Waals surface area (Å²) in [4.78, 5) is 12.6. The highest BCUT2D eigenvalue weighted by atomic mass is 19.2. The molecule has 0 aromatic heterocycles. The molecule has 0 aliphatic heterocycles. The molecule has 144 valence electrons. The maximum Gasteiger partial charge on any atom is 0.310 e. The Bertz CT molecular complexity index is 637. The summed E-state index contributed by atoms with van der Waals surface area (Å²) in [7, 11) is 0. The maximum atomic E-state index is 13.8. The fourth-order valence-corrected chi connectivity index (χ4v) is 5.68. The monoisotopic (exact) mass is 364 g/mol. The van der Waals surface area contributed by atoms with E-state index >= 15 is 0 Å². The Labute approximate surface area is 155 Å². The van der Waals surface area contributed by atoms with Gasteiger partial charge in [0.2, 0.25) is 0 Å². The van der Waals surface area contributed by atoms with Crippen molar-refractivity contribution in [2.45, 2.75) is 77.0 Å². The number of carbonyl (C=O) groups is 1. The summed E-state index contributed by atoms with van der Waals surface area (Å²) < 4.78 is 27.2. The lowest BCUT2D eigenvalue weighted by Crippen LogP contribution is -2.47. The van der Waals surface area contributed by atoms with Gasteiger partial charge in [-0.2, -0.15) is 0 Å². The average molecular weight is 364 g/mol. The number of carboxylic acids is 1. The van der Waals surface area contributed by atoms with Crippen LogP contribution >= 0.6 is 0 Å². The topological polar surface area (TPSA) is 37.3 Å². The normalized spacial score (nSPS) is 32.3. The zero-order valence-corrected chi connectivity index (χ0v) is 15.6. The van der Waals surface area contributed by atoms with Gasteiger partial charge in [0.25, 0.3) is 0 Å². The van der Waals surface area contributed by atoms with E-state index in [2.05, 4.69) is 6.92 Å². The smallest absolute Gasteiger partial charge is 0.310 e. The van der Waals surface area contributed by atoms with Crippen LogP contribution in [0.1, 0.15) is 82.6 Å². The molecule has 2 atom stereocenters. The number of halogens is 2. The first-order valence-corrected chi connectivity index (χ1v) is 10.2. The molecule has 3 rings (SSSR count). The summed E-state index contributed by atoms with van der Waals surface area (Å²) in [6, 6.07) is 3.96. The summed E-state index contributed by atoms with van der Waals surface area (Å²) in [5, 5.41) is 10.3. The molecule has 2 fully saturated rings. The molecule has 0 heterocycles. The van der Waals surface area contributed by atoms with Crippen LogP contribution in [0.5, 0.6) is 0 Å². The minimum Gasteiger partial charge on any atom is -0.481 e. The molecule has 0 bridgehead atoms. The maximum absolute atomic E-state index is 13.8. The second-order valence-electron chi connectivity index (χ2n) is 8.32. The second-order valence-corrected chi connectivity index (χ2v) is 8.32. The molecule has 2 aliphatic carbocycles. The first-order valence-electron chi connectivity index (χ1n) is 10.2. The van der Waals surface area contributed by atoms with E-state index in [1.807, 2.05) is 0 Å². The zero-order chi connectivity index (χ0) is 18.7. The molecule has 2 aliphatic rings. The Morgan fingerprint density at radius 1 is 1.12 bits per heavy atom. The molecule has 2 nitrogen and oxygen atoms in total. The largest absolute Gasteiger partial charge is 0.481 e. The third kappa shape index (κ3) is 3.52. The minimum absolute atomic E-state index is 0.131. The van der Waals surface area contributed by atoms with Gasteiger partial charge >= 0.3 is 5.97 Å². The molecule has 0 saturated heterocycles. The van der Waals surface area contributed by atoms with E-state index < -0.39 is 23.0 Å². The van der Waals surface area contributed by atoms with E-state index in [1.165, 1.54) is 18.9 Å². The highest BCUT2D eigenvalue weighted by molar-refractivity contribution is 5.77. The van der Waals surface area contributed by atoms with Gasteiger partial charge in [-0.1, -0.05) is 51.5 Å². The third-order valence-corrected chi connectivity index (χ3v) is 6.97. The predicted octanol–water partition coefficient (Wildman–Crippen LogP) is 6.30. The van der Waals surface area contributed by atoms with Gasteiger partial charge in [0, 0.05) is 5.92 Å². The van der Waals surface area contributed by atoms with Crippen LogP contribution in [0.15, 0.2) is 18.2 Å². The summed E-state index contributed by atoms with van der Waals surface area (Å²) in [6.07, 6.45) is 9.72. The number of hydrogen-bond acceptors (Lipinski definition) is 1. The number of aliphatic carboxylic acids is 1.